The molecule has 0 spiro atoms. The van der Waals surface area contributed by atoms with Crippen LogP contribution in [0, 0.1) is 23.6 Å². The van der Waals surface area contributed by atoms with Gasteiger partial charge in [-0.25, -0.2) is 9.37 Å². The van der Waals surface area contributed by atoms with E-state index in [1.54, 1.807) is 18.5 Å². The molecule has 3 heterocycles. The second kappa shape index (κ2) is 9.85. The molecule has 0 unspecified atom stereocenters. The molecule has 5 nitrogen and oxygen atoms in total. The Balaban J connectivity index is 1.10. The monoisotopic (exact) mass is 577 g/mol. The molecule has 0 aliphatic heterocycles. The van der Waals surface area contributed by atoms with Crippen molar-refractivity contribution in [3.63, 3.8) is 0 Å². The standard InChI is InChI=1S/C32H30Cl2FN3O2/c1-19-15-26(21-3-2-4-25(35)28(21)37-19)39-18-32-12-9-31(10-13-32,11-14-32)8-7-22-29(38-40-30(22)20-5-6-20)27-23(33)16-36-17-24(27)34/h2-4,7-8,15-17,20H,5-6,9-14,18H2,1H3/b8-7+. The number of fused-ring (bicyclic) bond motifs is 4. The van der Waals surface area contributed by atoms with Crippen molar-refractivity contribution in [3.05, 3.63) is 75.6 Å². The molecule has 0 atom stereocenters. The number of ether oxygens (including phenoxy) is 1. The zero-order chi connectivity index (χ0) is 27.5. The van der Waals surface area contributed by atoms with Crippen molar-refractivity contribution < 1.29 is 13.7 Å². The zero-order valence-corrected chi connectivity index (χ0v) is 23.9. The number of halogens is 3. The number of rotatable bonds is 7. The fourth-order valence-corrected chi connectivity index (χ4v) is 7.15. The van der Waals surface area contributed by atoms with Gasteiger partial charge in [-0.1, -0.05) is 46.6 Å². The summed E-state index contributed by atoms with van der Waals surface area (Å²) in [6, 6.07) is 6.97. The summed E-state index contributed by atoms with van der Waals surface area (Å²) in [6.07, 6.45) is 16.6. The maximum absolute atomic E-state index is 14.4. The first kappa shape index (κ1) is 26.0. The van der Waals surface area contributed by atoms with Gasteiger partial charge in [0.2, 0.25) is 0 Å². The third kappa shape index (κ3) is 4.59. The summed E-state index contributed by atoms with van der Waals surface area (Å²) in [7, 11) is 0. The summed E-state index contributed by atoms with van der Waals surface area (Å²) in [6.45, 7) is 2.52. The highest BCUT2D eigenvalue weighted by molar-refractivity contribution is 6.39. The van der Waals surface area contributed by atoms with Crippen LogP contribution >= 0.6 is 23.2 Å². The number of aryl methyl sites for hydroxylation is 1. The fraction of sp³-hybridized carbons (Fsp3) is 0.406. The molecule has 0 N–H and O–H groups in total. The van der Waals surface area contributed by atoms with Crippen molar-refractivity contribution in [2.75, 3.05) is 6.61 Å². The molecular weight excluding hydrogens is 548 g/mol. The lowest BCUT2D eigenvalue weighted by Crippen LogP contribution is -2.43. The quantitative estimate of drug-likeness (QED) is 0.219. The minimum atomic E-state index is -0.314. The fourth-order valence-electron chi connectivity index (χ4n) is 6.60. The molecule has 0 amide bonds. The van der Waals surface area contributed by atoms with Gasteiger partial charge < -0.3 is 9.26 Å². The predicted molar refractivity (Wildman–Crippen MR) is 155 cm³/mol. The Morgan fingerprint density at radius 2 is 1.80 bits per heavy atom. The predicted octanol–water partition coefficient (Wildman–Crippen LogP) is 9.35. The third-order valence-electron chi connectivity index (χ3n) is 9.27. The molecule has 4 aliphatic carbocycles. The first-order valence-corrected chi connectivity index (χ1v) is 14.8. The first-order valence-electron chi connectivity index (χ1n) is 14.0. The molecule has 3 aromatic heterocycles. The number of nitrogens with zero attached hydrogens (tertiary/aromatic N) is 3. The van der Waals surface area contributed by atoms with E-state index in [0.717, 1.165) is 79.5 Å². The Morgan fingerprint density at radius 1 is 1.07 bits per heavy atom. The van der Waals surface area contributed by atoms with Gasteiger partial charge in [0.25, 0.3) is 0 Å². The van der Waals surface area contributed by atoms with Crippen molar-refractivity contribution in [1.82, 2.24) is 15.1 Å². The Hall–Kier alpha value is -2.96. The summed E-state index contributed by atoms with van der Waals surface area (Å²) < 4.78 is 26.7. The summed E-state index contributed by atoms with van der Waals surface area (Å²) in [5.74, 6) is 1.74. The Bertz CT molecular complexity index is 1600. The lowest BCUT2D eigenvalue weighted by Gasteiger charge is -2.52. The highest BCUT2D eigenvalue weighted by Crippen LogP contribution is 2.58. The summed E-state index contributed by atoms with van der Waals surface area (Å²) in [5, 5.41) is 6.09. The van der Waals surface area contributed by atoms with Crippen LogP contribution in [0.4, 0.5) is 4.39 Å². The van der Waals surface area contributed by atoms with Crippen molar-refractivity contribution >= 4 is 40.2 Å². The van der Waals surface area contributed by atoms with Crippen LogP contribution in [0.3, 0.4) is 0 Å². The molecule has 0 radical (unpaired) electrons. The van der Waals surface area contributed by atoms with Crippen molar-refractivity contribution in [2.24, 2.45) is 10.8 Å². The molecule has 206 valence electrons. The molecule has 2 bridgehead atoms. The first-order chi connectivity index (χ1) is 19.4. The average molecular weight is 579 g/mol. The number of allylic oxidation sites excluding steroid dienone is 1. The topological polar surface area (TPSA) is 61.0 Å². The van der Waals surface area contributed by atoms with Crippen LogP contribution in [0.25, 0.3) is 28.2 Å². The van der Waals surface area contributed by atoms with Gasteiger partial charge in [0.1, 0.15) is 28.5 Å². The molecule has 4 fully saturated rings. The number of benzene rings is 1. The van der Waals surface area contributed by atoms with Crippen LogP contribution in [0.5, 0.6) is 5.75 Å². The minimum Gasteiger partial charge on any atom is -0.492 e. The van der Waals surface area contributed by atoms with Gasteiger partial charge in [-0.05, 0) is 75.8 Å². The normalized spacial score (nSPS) is 24.3. The molecule has 40 heavy (non-hydrogen) atoms. The van der Waals surface area contributed by atoms with E-state index >= 15 is 0 Å². The largest absolute Gasteiger partial charge is 0.492 e. The maximum atomic E-state index is 14.4. The highest BCUT2D eigenvalue weighted by atomic mass is 35.5. The van der Waals surface area contributed by atoms with Gasteiger partial charge in [-0.15, -0.1) is 0 Å². The number of para-hydroxylation sites is 1. The smallest absolute Gasteiger partial charge is 0.149 e. The van der Waals surface area contributed by atoms with Crippen molar-refractivity contribution in [2.45, 2.75) is 64.2 Å². The lowest BCUT2D eigenvalue weighted by molar-refractivity contribution is -0.0119. The van der Waals surface area contributed by atoms with E-state index in [4.69, 9.17) is 32.5 Å². The van der Waals surface area contributed by atoms with Crippen molar-refractivity contribution in [3.8, 4) is 17.0 Å². The van der Waals surface area contributed by atoms with E-state index in [1.165, 1.54) is 6.07 Å². The van der Waals surface area contributed by atoms with Crippen LogP contribution in [-0.2, 0) is 0 Å². The van der Waals surface area contributed by atoms with E-state index in [2.05, 4.69) is 27.3 Å². The molecular formula is C32H30Cl2FN3O2. The Kier molecular flexibility index (Phi) is 6.39. The van der Waals surface area contributed by atoms with E-state index in [1.807, 2.05) is 19.1 Å². The van der Waals surface area contributed by atoms with E-state index in [9.17, 15) is 4.39 Å². The molecule has 8 rings (SSSR count). The van der Waals surface area contributed by atoms with Gasteiger partial charge in [0.15, 0.2) is 0 Å². The summed E-state index contributed by atoms with van der Waals surface area (Å²) >= 11 is 13.0. The Morgan fingerprint density at radius 3 is 2.50 bits per heavy atom. The van der Waals surface area contributed by atoms with Crippen LogP contribution in [-0.4, -0.2) is 21.7 Å². The van der Waals surface area contributed by atoms with Crippen LogP contribution in [0.1, 0.15) is 74.3 Å². The summed E-state index contributed by atoms with van der Waals surface area (Å²) in [5.41, 5.74) is 3.78. The van der Waals surface area contributed by atoms with Crippen molar-refractivity contribution in [1.29, 1.82) is 0 Å². The van der Waals surface area contributed by atoms with E-state index in [0.29, 0.717) is 39.3 Å². The van der Waals surface area contributed by atoms with Gasteiger partial charge in [0, 0.05) is 52.0 Å². The van der Waals surface area contributed by atoms with Gasteiger partial charge in [-0.3, -0.25) is 4.98 Å². The summed E-state index contributed by atoms with van der Waals surface area (Å²) in [4.78, 5) is 8.49. The average Bonchev–Trinajstić information content (AvgIpc) is 3.72. The second-order valence-corrected chi connectivity index (χ2v) is 12.8. The zero-order valence-electron chi connectivity index (χ0n) is 22.4. The van der Waals surface area contributed by atoms with Crippen LogP contribution < -0.4 is 4.74 Å². The highest BCUT2D eigenvalue weighted by Gasteiger charge is 2.48. The third-order valence-corrected chi connectivity index (χ3v) is 9.84. The second-order valence-electron chi connectivity index (χ2n) is 11.9. The number of aromatic nitrogens is 3. The van der Waals surface area contributed by atoms with E-state index in [-0.39, 0.29) is 16.6 Å². The number of pyridine rings is 2. The maximum Gasteiger partial charge on any atom is 0.149 e. The molecule has 4 aliphatic rings. The van der Waals surface area contributed by atoms with Gasteiger partial charge >= 0.3 is 0 Å². The lowest BCUT2D eigenvalue weighted by atomic mass is 9.54. The number of hydrogen-bond donors (Lipinski definition) is 0. The molecule has 1 aromatic carbocycles. The van der Waals surface area contributed by atoms with Gasteiger partial charge in [-0.2, -0.15) is 0 Å². The van der Waals surface area contributed by atoms with Crippen LogP contribution in [0.2, 0.25) is 10.0 Å². The molecule has 0 saturated heterocycles. The van der Waals surface area contributed by atoms with Gasteiger partial charge in [0.05, 0.1) is 16.7 Å². The van der Waals surface area contributed by atoms with Crippen LogP contribution in [0.15, 0.2) is 47.3 Å². The van der Waals surface area contributed by atoms with E-state index < -0.39 is 0 Å². The molecule has 4 aromatic rings. The Labute approximate surface area is 242 Å². The molecule has 8 heteroatoms. The SMILES string of the molecule is Cc1cc(OCC23CCC(/C=C/c4c(-c5c(Cl)cncc5Cl)noc4C4CC4)(CC2)CC3)c2cccc(F)c2n1. The number of hydrogen-bond acceptors (Lipinski definition) is 5. The minimum absolute atomic E-state index is 0.145. The molecule has 4 saturated carbocycles.